The third kappa shape index (κ3) is 6.62. The van der Waals surface area contributed by atoms with Crippen LogP contribution in [0.4, 0.5) is 34.1 Å². The Morgan fingerprint density at radius 1 is 0.310 bits per heavy atom. The van der Waals surface area contributed by atoms with Crippen LogP contribution in [-0.2, 0) is 5.41 Å². The van der Waals surface area contributed by atoms with E-state index in [1.165, 1.54) is 126 Å². The second kappa shape index (κ2) is 16.9. The maximum atomic E-state index is 2.53. The lowest BCUT2D eigenvalue weighted by atomic mass is 9.70. The molecule has 338 valence electrons. The van der Waals surface area contributed by atoms with Gasteiger partial charge < -0.3 is 9.80 Å². The van der Waals surface area contributed by atoms with Crippen LogP contribution in [0.1, 0.15) is 65.8 Å². The van der Waals surface area contributed by atoms with Gasteiger partial charge in [-0.05, 0) is 151 Å². The topological polar surface area (TPSA) is 6.48 Å². The summed E-state index contributed by atoms with van der Waals surface area (Å²) in [5.74, 6) is 0.640. The fraction of sp³-hybridized carbons (Fsp3) is 0.101. The van der Waals surface area contributed by atoms with E-state index in [-0.39, 0.29) is 0 Å². The Bertz CT molecular complexity index is 3800. The molecule has 1 atom stereocenters. The molecule has 0 saturated heterocycles. The van der Waals surface area contributed by atoms with Crippen molar-refractivity contribution in [3.8, 4) is 33.4 Å². The van der Waals surface area contributed by atoms with Crippen molar-refractivity contribution in [2.45, 2.75) is 43.4 Å². The molecule has 0 heterocycles. The van der Waals surface area contributed by atoms with Gasteiger partial charge in [0.1, 0.15) is 0 Å². The van der Waals surface area contributed by atoms with Crippen molar-refractivity contribution in [2.75, 3.05) is 9.80 Å². The first-order chi connectivity index (χ1) is 35.2. The number of hydrogen-bond donors (Lipinski definition) is 0. The zero-order valence-corrected chi connectivity index (χ0v) is 39.7. The van der Waals surface area contributed by atoms with E-state index in [9.17, 15) is 0 Å². The molecule has 1 unspecified atom stereocenters. The van der Waals surface area contributed by atoms with E-state index in [1.54, 1.807) is 0 Å². The summed E-state index contributed by atoms with van der Waals surface area (Å²) in [6.07, 6.45) is 6.57. The van der Waals surface area contributed by atoms with Crippen molar-refractivity contribution in [3.05, 3.63) is 277 Å². The molecule has 0 bridgehead atoms. The van der Waals surface area contributed by atoms with Crippen molar-refractivity contribution in [1.82, 2.24) is 0 Å². The molecule has 2 heteroatoms. The number of anilines is 6. The minimum Gasteiger partial charge on any atom is -0.310 e. The third-order valence-corrected chi connectivity index (χ3v) is 16.0. The molecule has 11 aromatic rings. The zero-order chi connectivity index (χ0) is 46.9. The highest BCUT2D eigenvalue weighted by Crippen LogP contribution is 2.64. The molecular weight excluding hydrogens is 857 g/mol. The average Bonchev–Trinajstić information content (AvgIpc) is 3.93. The quantitative estimate of drug-likeness (QED) is 0.150. The van der Waals surface area contributed by atoms with Crippen LogP contribution in [0, 0.1) is 0 Å². The van der Waals surface area contributed by atoms with Gasteiger partial charge in [0.25, 0.3) is 0 Å². The Kier molecular flexibility index (Phi) is 9.88. The van der Waals surface area contributed by atoms with Gasteiger partial charge in [0, 0.05) is 39.4 Å². The van der Waals surface area contributed by atoms with Crippen LogP contribution in [0.25, 0.3) is 54.9 Å². The largest absolute Gasteiger partial charge is 0.310 e. The second-order valence-corrected chi connectivity index (χ2v) is 19.8. The van der Waals surface area contributed by atoms with Crippen molar-refractivity contribution in [2.24, 2.45) is 0 Å². The molecule has 1 fully saturated rings. The van der Waals surface area contributed by atoms with Crippen molar-refractivity contribution in [3.63, 3.8) is 0 Å². The molecule has 3 aliphatic carbocycles. The number of para-hydroxylation sites is 1. The summed E-state index contributed by atoms with van der Waals surface area (Å²) in [5, 5.41) is 4.89. The molecule has 3 aliphatic rings. The third-order valence-electron chi connectivity index (χ3n) is 16.0. The van der Waals surface area contributed by atoms with E-state index in [2.05, 4.69) is 259 Å². The minimum absolute atomic E-state index is 0.590. The summed E-state index contributed by atoms with van der Waals surface area (Å²) in [6, 6.07) is 93.5. The highest BCUT2D eigenvalue weighted by atomic mass is 15.2. The molecule has 2 nitrogen and oxygen atoms in total. The summed E-state index contributed by atoms with van der Waals surface area (Å²) in [6.45, 7) is 0. The lowest BCUT2D eigenvalue weighted by molar-refractivity contribution is 0.443. The second-order valence-electron chi connectivity index (χ2n) is 19.8. The Hall–Kier alpha value is -8.46. The zero-order valence-electron chi connectivity index (χ0n) is 39.7. The Labute approximate surface area is 416 Å². The van der Waals surface area contributed by atoms with Crippen LogP contribution >= 0.6 is 0 Å². The van der Waals surface area contributed by atoms with Gasteiger partial charge in [-0.2, -0.15) is 0 Å². The van der Waals surface area contributed by atoms with E-state index in [1.807, 2.05) is 0 Å². The summed E-state index contributed by atoms with van der Waals surface area (Å²) < 4.78 is 0. The monoisotopic (exact) mass is 908 g/mol. The van der Waals surface area contributed by atoms with Crippen LogP contribution in [0.3, 0.4) is 0 Å². The summed E-state index contributed by atoms with van der Waals surface area (Å²) >= 11 is 0. The summed E-state index contributed by atoms with van der Waals surface area (Å²) in [5.41, 5.74) is 20.5. The van der Waals surface area contributed by atoms with Gasteiger partial charge in [-0.15, -0.1) is 0 Å². The van der Waals surface area contributed by atoms with Crippen LogP contribution in [0.15, 0.2) is 249 Å². The van der Waals surface area contributed by atoms with Crippen molar-refractivity contribution >= 4 is 55.7 Å². The fourth-order valence-electron chi connectivity index (χ4n) is 12.8. The fourth-order valence-corrected chi connectivity index (χ4v) is 12.8. The van der Waals surface area contributed by atoms with Crippen LogP contribution in [0.2, 0.25) is 0 Å². The highest BCUT2D eigenvalue weighted by Gasteiger charge is 2.52. The molecule has 0 aliphatic heterocycles. The number of nitrogens with zero attached hydrogens (tertiary/aromatic N) is 2. The number of rotatable bonds is 8. The van der Waals surface area contributed by atoms with Gasteiger partial charge in [0.2, 0.25) is 0 Å². The molecule has 11 aromatic carbocycles. The van der Waals surface area contributed by atoms with E-state index >= 15 is 0 Å². The predicted molar refractivity (Wildman–Crippen MR) is 298 cm³/mol. The van der Waals surface area contributed by atoms with Crippen LogP contribution < -0.4 is 9.80 Å². The molecule has 0 N–H and O–H groups in total. The van der Waals surface area contributed by atoms with Gasteiger partial charge in [0.05, 0.1) is 11.1 Å². The lowest BCUT2D eigenvalue weighted by Crippen LogP contribution is -2.26. The van der Waals surface area contributed by atoms with E-state index in [4.69, 9.17) is 0 Å². The van der Waals surface area contributed by atoms with Gasteiger partial charge in [0.15, 0.2) is 0 Å². The highest BCUT2D eigenvalue weighted by molar-refractivity contribution is 6.07. The summed E-state index contributed by atoms with van der Waals surface area (Å²) in [7, 11) is 0. The Balaban J connectivity index is 1.01. The normalized spacial score (nSPS) is 15.6. The minimum atomic E-state index is -0.590. The van der Waals surface area contributed by atoms with Crippen molar-refractivity contribution < 1.29 is 0 Å². The van der Waals surface area contributed by atoms with E-state index < -0.39 is 5.41 Å². The molecule has 0 aromatic heterocycles. The summed E-state index contributed by atoms with van der Waals surface area (Å²) in [4.78, 5) is 5.01. The van der Waals surface area contributed by atoms with Gasteiger partial charge in [-0.3, -0.25) is 0 Å². The number of fused-ring (bicyclic) bond motifs is 12. The number of benzene rings is 11. The predicted octanol–water partition coefficient (Wildman–Crippen LogP) is 19.0. The standard InChI is InChI=1S/C69H52N2/c1-4-18-47(19-5-1)49-32-36-54(37-33-49)70(55-38-34-48-20-10-11-24-52(48)44-55)56-39-42-62-60-28-14-16-30-64(60)69(66(62)45-56)65-31-17-15-29-61(65)63-43-40-57(46-67(63)69)71(53-25-8-3-9-26-53)68-58-27-13-12-23-51(58)35-41-59(68)50-21-6-2-7-22-50/h2-3,6-17,20-47H,1,4-5,18-19H2. The molecule has 1 spiro atoms. The first kappa shape index (κ1) is 41.5. The van der Waals surface area contributed by atoms with Gasteiger partial charge in [-0.1, -0.05) is 207 Å². The first-order valence-corrected chi connectivity index (χ1v) is 25.5. The van der Waals surface area contributed by atoms with Gasteiger partial charge in [-0.25, -0.2) is 0 Å². The SMILES string of the molecule is c1ccc(-c2ccc3ccccc3c2N(c2ccccc2)c2ccc3c(c2)C2(c4ccccc4-c4ccc(N(c5ccc(C6CCCCC6)cc5)c5ccc6ccccc6c5)cc42)c2ccccc2-3)cc1. The van der Waals surface area contributed by atoms with Crippen molar-refractivity contribution in [1.29, 1.82) is 0 Å². The molecule has 0 radical (unpaired) electrons. The molecule has 1 saturated carbocycles. The van der Waals surface area contributed by atoms with Crippen LogP contribution in [0.5, 0.6) is 0 Å². The lowest BCUT2D eigenvalue weighted by Gasteiger charge is -2.34. The first-order valence-electron chi connectivity index (χ1n) is 25.5. The smallest absolute Gasteiger partial charge is 0.0727 e. The Morgan fingerprint density at radius 3 is 1.48 bits per heavy atom. The van der Waals surface area contributed by atoms with E-state index in [0.29, 0.717) is 5.92 Å². The maximum absolute atomic E-state index is 2.53. The molecule has 14 rings (SSSR count). The molecular formula is C69H52N2. The molecule has 0 amide bonds. The molecule has 71 heavy (non-hydrogen) atoms. The van der Waals surface area contributed by atoms with E-state index in [0.717, 1.165) is 22.7 Å². The number of hydrogen-bond acceptors (Lipinski definition) is 2. The Morgan fingerprint density at radius 2 is 0.789 bits per heavy atom. The van der Waals surface area contributed by atoms with Gasteiger partial charge >= 0.3 is 0 Å². The maximum Gasteiger partial charge on any atom is 0.0727 e. The van der Waals surface area contributed by atoms with Crippen LogP contribution in [-0.4, -0.2) is 0 Å². The average molecular weight is 909 g/mol.